The average Bonchev–Trinajstić information content (AvgIpc) is 2.66. The number of rotatable bonds is 3. The summed E-state index contributed by atoms with van der Waals surface area (Å²) in [6.07, 6.45) is 0. The Kier molecular flexibility index (Phi) is 3.51. The Labute approximate surface area is 107 Å². The third-order valence-electron chi connectivity index (χ3n) is 2.25. The molecule has 2 rings (SSSR count). The second kappa shape index (κ2) is 4.89. The number of hydrogen-bond acceptors (Lipinski definition) is 3. The van der Waals surface area contributed by atoms with Crippen molar-refractivity contribution >= 4 is 33.0 Å². The highest BCUT2D eigenvalue weighted by Gasteiger charge is 2.01. The third-order valence-corrected chi connectivity index (χ3v) is 3.85. The minimum absolute atomic E-state index is 0.597. The van der Waals surface area contributed by atoms with Gasteiger partial charge in [0.05, 0.1) is 3.79 Å². The van der Waals surface area contributed by atoms with Crippen LogP contribution in [0.3, 0.4) is 0 Å². The summed E-state index contributed by atoms with van der Waals surface area (Å²) in [5, 5.41) is 0. The third kappa shape index (κ3) is 2.77. The van der Waals surface area contributed by atoms with Crippen molar-refractivity contribution < 1.29 is 4.74 Å². The molecule has 1 heterocycles. The fourth-order valence-corrected chi connectivity index (χ4v) is 2.72. The summed E-state index contributed by atoms with van der Waals surface area (Å²) in [4.78, 5) is 1.20. The molecule has 0 aliphatic heterocycles. The van der Waals surface area contributed by atoms with E-state index in [1.54, 1.807) is 11.3 Å². The molecule has 0 saturated carbocycles. The summed E-state index contributed by atoms with van der Waals surface area (Å²) in [6.45, 7) is 2.57. The van der Waals surface area contributed by atoms with Crippen LogP contribution in [0.15, 0.2) is 34.1 Å². The van der Waals surface area contributed by atoms with Crippen LogP contribution in [0, 0.1) is 6.92 Å². The number of thiophene rings is 1. The lowest BCUT2D eigenvalue weighted by Crippen LogP contribution is -1.95. The molecule has 0 radical (unpaired) electrons. The van der Waals surface area contributed by atoms with Crippen LogP contribution in [0.5, 0.6) is 5.75 Å². The van der Waals surface area contributed by atoms with Crippen LogP contribution in [-0.4, -0.2) is 0 Å². The van der Waals surface area contributed by atoms with Crippen LogP contribution in [0.4, 0.5) is 5.69 Å². The maximum atomic E-state index is 5.74. The average molecular weight is 298 g/mol. The maximum absolute atomic E-state index is 5.74. The van der Waals surface area contributed by atoms with E-state index in [1.165, 1.54) is 4.88 Å². The van der Waals surface area contributed by atoms with Gasteiger partial charge in [-0.2, -0.15) is 0 Å². The molecule has 0 unspecified atom stereocenters. The fraction of sp³-hybridized carbons (Fsp3) is 0.167. The summed E-state index contributed by atoms with van der Waals surface area (Å²) >= 11 is 5.11. The molecule has 0 aliphatic carbocycles. The molecule has 0 amide bonds. The van der Waals surface area contributed by atoms with E-state index in [0.717, 1.165) is 20.8 Å². The van der Waals surface area contributed by atoms with Gasteiger partial charge in [-0.3, -0.25) is 0 Å². The van der Waals surface area contributed by atoms with Gasteiger partial charge in [0.15, 0.2) is 0 Å². The van der Waals surface area contributed by atoms with Gasteiger partial charge in [-0.1, -0.05) is 0 Å². The number of hydrogen-bond donors (Lipinski definition) is 1. The van der Waals surface area contributed by atoms with E-state index >= 15 is 0 Å². The fourth-order valence-electron chi connectivity index (χ4n) is 1.32. The summed E-state index contributed by atoms with van der Waals surface area (Å²) in [7, 11) is 0. The van der Waals surface area contributed by atoms with Crippen LogP contribution in [0.25, 0.3) is 0 Å². The van der Waals surface area contributed by atoms with Crippen molar-refractivity contribution in [3.8, 4) is 5.75 Å². The molecule has 84 valence electrons. The molecule has 0 saturated heterocycles. The molecule has 2 nitrogen and oxygen atoms in total. The minimum atomic E-state index is 0.597. The predicted octanol–water partition coefficient (Wildman–Crippen LogP) is 3.98. The van der Waals surface area contributed by atoms with Crippen molar-refractivity contribution in [2.24, 2.45) is 0 Å². The van der Waals surface area contributed by atoms with Gasteiger partial charge in [-0.25, -0.2) is 0 Å². The Bertz CT molecular complexity index is 496. The molecule has 2 aromatic rings. The van der Waals surface area contributed by atoms with Gasteiger partial charge in [0.2, 0.25) is 0 Å². The van der Waals surface area contributed by atoms with Crippen molar-refractivity contribution in [1.82, 2.24) is 0 Å². The Morgan fingerprint density at radius 2 is 2.12 bits per heavy atom. The molecular weight excluding hydrogens is 286 g/mol. The van der Waals surface area contributed by atoms with Crippen LogP contribution in [0.2, 0.25) is 0 Å². The topological polar surface area (TPSA) is 35.2 Å². The SMILES string of the molecule is Cc1cc(OCc2ccc(Br)s2)ccc1N. The van der Waals surface area contributed by atoms with Gasteiger partial charge in [0.1, 0.15) is 12.4 Å². The Morgan fingerprint density at radius 1 is 1.31 bits per heavy atom. The van der Waals surface area contributed by atoms with E-state index in [2.05, 4.69) is 22.0 Å². The molecule has 0 bridgehead atoms. The lowest BCUT2D eigenvalue weighted by atomic mass is 10.2. The lowest BCUT2D eigenvalue weighted by Gasteiger charge is -2.06. The number of aryl methyl sites for hydroxylation is 1. The Morgan fingerprint density at radius 3 is 2.75 bits per heavy atom. The van der Waals surface area contributed by atoms with E-state index in [4.69, 9.17) is 10.5 Å². The molecule has 1 aromatic heterocycles. The van der Waals surface area contributed by atoms with Crippen LogP contribution >= 0.6 is 27.3 Å². The van der Waals surface area contributed by atoms with E-state index < -0.39 is 0 Å². The second-order valence-corrected chi connectivity index (χ2v) is 6.06. The first-order valence-corrected chi connectivity index (χ1v) is 6.49. The zero-order valence-electron chi connectivity index (χ0n) is 8.87. The quantitative estimate of drug-likeness (QED) is 0.870. The molecule has 1 aromatic carbocycles. The molecule has 0 aliphatic rings. The number of benzene rings is 1. The maximum Gasteiger partial charge on any atom is 0.122 e. The largest absolute Gasteiger partial charge is 0.488 e. The highest BCUT2D eigenvalue weighted by molar-refractivity contribution is 9.11. The predicted molar refractivity (Wildman–Crippen MR) is 71.9 cm³/mol. The molecule has 0 atom stereocenters. The number of anilines is 1. The number of nitrogens with two attached hydrogens (primary N) is 1. The summed E-state index contributed by atoms with van der Waals surface area (Å²) in [6, 6.07) is 9.80. The van der Waals surface area contributed by atoms with Gasteiger partial charge in [-0.15, -0.1) is 11.3 Å². The highest BCUT2D eigenvalue weighted by atomic mass is 79.9. The molecule has 2 N–H and O–H groups in total. The summed E-state index contributed by atoms with van der Waals surface area (Å²) in [5.74, 6) is 0.858. The van der Waals surface area contributed by atoms with Gasteiger partial charge in [-0.05, 0) is 58.7 Å². The zero-order chi connectivity index (χ0) is 11.5. The molecular formula is C12H12BrNOS. The van der Waals surface area contributed by atoms with Gasteiger partial charge >= 0.3 is 0 Å². The van der Waals surface area contributed by atoms with Crippen molar-refractivity contribution in [3.63, 3.8) is 0 Å². The van der Waals surface area contributed by atoms with Gasteiger partial charge in [0, 0.05) is 10.6 Å². The number of halogens is 1. The smallest absolute Gasteiger partial charge is 0.122 e. The van der Waals surface area contributed by atoms with E-state index in [-0.39, 0.29) is 0 Å². The monoisotopic (exact) mass is 297 g/mol. The molecule has 16 heavy (non-hydrogen) atoms. The van der Waals surface area contributed by atoms with E-state index in [9.17, 15) is 0 Å². The van der Waals surface area contributed by atoms with Crippen molar-refractivity contribution in [1.29, 1.82) is 0 Å². The van der Waals surface area contributed by atoms with E-state index in [0.29, 0.717) is 6.61 Å². The normalized spacial score (nSPS) is 10.4. The highest BCUT2D eigenvalue weighted by Crippen LogP contribution is 2.24. The molecule has 4 heteroatoms. The number of ether oxygens (including phenoxy) is 1. The summed E-state index contributed by atoms with van der Waals surface area (Å²) in [5.41, 5.74) is 7.58. The standard InChI is InChI=1S/C12H12BrNOS/c1-8-6-9(2-4-11(8)14)15-7-10-3-5-12(13)16-10/h2-6H,7,14H2,1H3. The van der Waals surface area contributed by atoms with Crippen molar-refractivity contribution in [3.05, 3.63) is 44.6 Å². The van der Waals surface area contributed by atoms with Crippen molar-refractivity contribution in [2.45, 2.75) is 13.5 Å². The summed E-state index contributed by atoms with van der Waals surface area (Å²) < 4.78 is 6.80. The minimum Gasteiger partial charge on any atom is -0.488 e. The first-order valence-electron chi connectivity index (χ1n) is 4.88. The first kappa shape index (κ1) is 11.5. The Hall–Kier alpha value is -1.00. The lowest BCUT2D eigenvalue weighted by molar-refractivity contribution is 0.309. The number of nitrogen functional groups attached to an aromatic ring is 1. The van der Waals surface area contributed by atoms with Crippen LogP contribution < -0.4 is 10.5 Å². The van der Waals surface area contributed by atoms with Crippen molar-refractivity contribution in [2.75, 3.05) is 5.73 Å². The molecule has 0 fully saturated rings. The van der Waals surface area contributed by atoms with Crippen LogP contribution in [-0.2, 0) is 6.61 Å². The van der Waals surface area contributed by atoms with Crippen LogP contribution in [0.1, 0.15) is 10.4 Å². The van der Waals surface area contributed by atoms with Gasteiger partial charge in [0.25, 0.3) is 0 Å². The second-order valence-electron chi connectivity index (χ2n) is 3.51. The van der Waals surface area contributed by atoms with Gasteiger partial charge < -0.3 is 10.5 Å². The zero-order valence-corrected chi connectivity index (χ0v) is 11.3. The Balaban J connectivity index is 2.02. The molecule has 0 spiro atoms. The first-order chi connectivity index (χ1) is 7.65. The van der Waals surface area contributed by atoms with E-state index in [1.807, 2.05) is 31.2 Å².